The van der Waals surface area contributed by atoms with Crippen LogP contribution in [0.25, 0.3) is 0 Å². The van der Waals surface area contributed by atoms with E-state index in [-0.39, 0.29) is 18.4 Å². The number of piperazine rings is 1. The van der Waals surface area contributed by atoms with E-state index in [9.17, 15) is 8.78 Å². The first-order valence-corrected chi connectivity index (χ1v) is 7.65. The zero-order valence-corrected chi connectivity index (χ0v) is 13.0. The van der Waals surface area contributed by atoms with Gasteiger partial charge < -0.3 is 5.32 Å². The lowest BCUT2D eigenvalue weighted by Gasteiger charge is -2.38. The van der Waals surface area contributed by atoms with Gasteiger partial charge in [-0.25, -0.2) is 8.78 Å². The number of halogens is 3. The first kappa shape index (κ1) is 16.7. The molecule has 2 aliphatic rings. The van der Waals surface area contributed by atoms with Gasteiger partial charge >= 0.3 is 0 Å². The lowest BCUT2D eigenvalue weighted by Crippen LogP contribution is -2.46. The van der Waals surface area contributed by atoms with Crippen molar-refractivity contribution in [3.63, 3.8) is 0 Å². The highest BCUT2D eigenvalue weighted by Gasteiger charge is 2.32. The molecule has 0 spiro atoms. The van der Waals surface area contributed by atoms with E-state index < -0.39 is 11.6 Å². The highest BCUT2D eigenvalue weighted by atomic mass is 35.5. The molecule has 0 radical (unpaired) electrons. The van der Waals surface area contributed by atoms with Gasteiger partial charge in [0.25, 0.3) is 0 Å². The van der Waals surface area contributed by atoms with E-state index in [0.29, 0.717) is 5.92 Å². The topological polar surface area (TPSA) is 15.3 Å². The van der Waals surface area contributed by atoms with E-state index in [0.717, 1.165) is 31.7 Å². The summed E-state index contributed by atoms with van der Waals surface area (Å²) < 4.78 is 26.8. The number of rotatable bonds is 3. The summed E-state index contributed by atoms with van der Waals surface area (Å²) in [5.41, 5.74) is 0.942. The molecular formula is C16H23ClF2N2. The molecule has 1 saturated heterocycles. The van der Waals surface area contributed by atoms with E-state index in [2.05, 4.69) is 10.2 Å². The van der Waals surface area contributed by atoms with Crippen LogP contribution in [0.4, 0.5) is 8.78 Å². The van der Waals surface area contributed by atoms with E-state index in [1.165, 1.54) is 37.8 Å². The zero-order chi connectivity index (χ0) is 13.9. The Morgan fingerprint density at radius 1 is 1.05 bits per heavy atom. The summed E-state index contributed by atoms with van der Waals surface area (Å²) in [6, 6.07) is 4.69. The van der Waals surface area contributed by atoms with Crippen LogP contribution in [0.5, 0.6) is 0 Å². The van der Waals surface area contributed by atoms with Crippen molar-refractivity contribution in [2.75, 3.05) is 26.2 Å². The van der Waals surface area contributed by atoms with Crippen molar-refractivity contribution in [3.8, 4) is 0 Å². The Hall–Kier alpha value is -0.710. The molecule has 1 aliphatic heterocycles. The summed E-state index contributed by atoms with van der Waals surface area (Å²) in [7, 11) is 0. The predicted molar refractivity (Wildman–Crippen MR) is 82.7 cm³/mol. The number of benzene rings is 1. The van der Waals surface area contributed by atoms with Crippen LogP contribution in [-0.4, -0.2) is 31.1 Å². The molecule has 2 fully saturated rings. The lowest BCUT2D eigenvalue weighted by atomic mass is 9.89. The Balaban J connectivity index is 0.00000161. The zero-order valence-electron chi connectivity index (χ0n) is 12.2. The second-order valence-corrected chi connectivity index (χ2v) is 5.95. The summed E-state index contributed by atoms with van der Waals surface area (Å²) in [5, 5.41) is 3.36. The third-order valence-corrected chi connectivity index (χ3v) is 4.68. The number of nitrogens with one attached hydrogen (secondary N) is 1. The monoisotopic (exact) mass is 316 g/mol. The maximum Gasteiger partial charge on any atom is 0.159 e. The summed E-state index contributed by atoms with van der Waals surface area (Å²) >= 11 is 0. The number of nitrogens with zero attached hydrogens (tertiary/aromatic N) is 1. The molecule has 1 atom stereocenters. The van der Waals surface area contributed by atoms with Crippen LogP contribution in [-0.2, 0) is 0 Å². The summed E-state index contributed by atoms with van der Waals surface area (Å²) in [6.45, 7) is 3.93. The molecule has 2 nitrogen and oxygen atoms in total. The van der Waals surface area contributed by atoms with Crippen LogP contribution in [0.1, 0.15) is 37.3 Å². The molecule has 1 saturated carbocycles. The molecule has 1 aliphatic carbocycles. The van der Waals surface area contributed by atoms with Gasteiger partial charge in [0, 0.05) is 32.2 Å². The first-order chi connectivity index (χ1) is 9.75. The van der Waals surface area contributed by atoms with Crippen LogP contribution < -0.4 is 5.32 Å². The molecule has 21 heavy (non-hydrogen) atoms. The van der Waals surface area contributed by atoms with E-state index in [4.69, 9.17) is 0 Å². The van der Waals surface area contributed by atoms with Crippen molar-refractivity contribution in [1.29, 1.82) is 0 Å². The van der Waals surface area contributed by atoms with Crippen molar-refractivity contribution in [3.05, 3.63) is 35.4 Å². The molecule has 1 aromatic carbocycles. The van der Waals surface area contributed by atoms with Crippen molar-refractivity contribution in [1.82, 2.24) is 10.2 Å². The summed E-state index contributed by atoms with van der Waals surface area (Å²) in [4.78, 5) is 2.44. The molecule has 0 bridgehead atoms. The molecule has 0 unspecified atom stereocenters. The van der Waals surface area contributed by atoms with Gasteiger partial charge in [0.1, 0.15) is 0 Å². The standard InChI is InChI=1S/C16H22F2N2.ClH/c17-14-6-5-13(11-15(14)18)16(12-3-1-2-4-12)20-9-7-19-8-10-20;/h5-6,11-12,16,19H,1-4,7-10H2;1H/t16-;/m1./s1. The Morgan fingerprint density at radius 2 is 1.71 bits per heavy atom. The van der Waals surface area contributed by atoms with Crippen LogP contribution in [0.2, 0.25) is 0 Å². The van der Waals surface area contributed by atoms with E-state index >= 15 is 0 Å². The molecular weight excluding hydrogens is 294 g/mol. The predicted octanol–water partition coefficient (Wildman–Crippen LogP) is 3.52. The van der Waals surface area contributed by atoms with E-state index in [1.54, 1.807) is 6.07 Å². The highest BCUT2D eigenvalue weighted by molar-refractivity contribution is 5.85. The van der Waals surface area contributed by atoms with Crippen molar-refractivity contribution in [2.45, 2.75) is 31.7 Å². The number of hydrogen-bond donors (Lipinski definition) is 1. The van der Waals surface area contributed by atoms with Gasteiger partial charge in [-0.1, -0.05) is 18.9 Å². The normalized spacial score (nSPS) is 22.0. The second kappa shape index (κ2) is 7.52. The van der Waals surface area contributed by atoms with Crippen LogP contribution >= 0.6 is 12.4 Å². The SMILES string of the molecule is Cl.Fc1ccc([C@@H](C2CCCC2)N2CCNCC2)cc1F. The van der Waals surface area contributed by atoms with Crippen LogP contribution in [0, 0.1) is 17.6 Å². The average molecular weight is 317 g/mol. The molecule has 1 heterocycles. The Bertz CT molecular complexity index is 458. The minimum Gasteiger partial charge on any atom is -0.314 e. The third kappa shape index (κ3) is 3.74. The lowest BCUT2D eigenvalue weighted by molar-refractivity contribution is 0.125. The fourth-order valence-electron chi connectivity index (χ4n) is 3.71. The first-order valence-electron chi connectivity index (χ1n) is 7.65. The van der Waals surface area contributed by atoms with Gasteiger partial charge in [-0.05, 0) is 36.5 Å². The Kier molecular flexibility index (Phi) is 5.97. The highest BCUT2D eigenvalue weighted by Crippen LogP contribution is 2.39. The van der Waals surface area contributed by atoms with Gasteiger partial charge in [0.05, 0.1) is 0 Å². The maximum atomic E-state index is 13.6. The van der Waals surface area contributed by atoms with Crippen LogP contribution in [0.3, 0.4) is 0 Å². The largest absolute Gasteiger partial charge is 0.314 e. The van der Waals surface area contributed by atoms with Crippen molar-refractivity contribution >= 4 is 12.4 Å². The smallest absolute Gasteiger partial charge is 0.159 e. The summed E-state index contributed by atoms with van der Waals surface area (Å²) in [6.07, 6.45) is 4.93. The van der Waals surface area contributed by atoms with Gasteiger partial charge in [0.2, 0.25) is 0 Å². The fourth-order valence-corrected chi connectivity index (χ4v) is 3.71. The van der Waals surface area contributed by atoms with Gasteiger partial charge in [-0.2, -0.15) is 0 Å². The Labute approximate surface area is 131 Å². The molecule has 0 aromatic heterocycles. The molecule has 1 N–H and O–H groups in total. The minimum absolute atomic E-state index is 0. The molecule has 1 aromatic rings. The molecule has 5 heteroatoms. The molecule has 118 valence electrons. The van der Waals surface area contributed by atoms with Crippen LogP contribution in [0.15, 0.2) is 18.2 Å². The van der Waals surface area contributed by atoms with Gasteiger partial charge in [0.15, 0.2) is 11.6 Å². The Morgan fingerprint density at radius 3 is 2.33 bits per heavy atom. The quantitative estimate of drug-likeness (QED) is 0.918. The number of hydrogen-bond acceptors (Lipinski definition) is 2. The minimum atomic E-state index is -0.751. The van der Waals surface area contributed by atoms with Crippen molar-refractivity contribution in [2.24, 2.45) is 5.92 Å². The second-order valence-electron chi connectivity index (χ2n) is 5.95. The third-order valence-electron chi connectivity index (χ3n) is 4.68. The van der Waals surface area contributed by atoms with E-state index in [1.807, 2.05) is 0 Å². The van der Waals surface area contributed by atoms with Crippen molar-refractivity contribution < 1.29 is 8.78 Å². The maximum absolute atomic E-state index is 13.6. The fraction of sp³-hybridized carbons (Fsp3) is 0.625. The molecule has 0 amide bonds. The average Bonchev–Trinajstić information content (AvgIpc) is 2.98. The van der Waals surface area contributed by atoms with Gasteiger partial charge in [-0.3, -0.25) is 4.90 Å². The molecule has 3 rings (SSSR count). The van der Waals surface area contributed by atoms with Gasteiger partial charge in [-0.15, -0.1) is 12.4 Å². The summed E-state index contributed by atoms with van der Waals surface area (Å²) in [5.74, 6) is -0.891.